The van der Waals surface area contributed by atoms with Gasteiger partial charge in [-0.05, 0) is 53.2 Å². The van der Waals surface area contributed by atoms with Crippen LogP contribution in [0.15, 0.2) is 47.8 Å². The van der Waals surface area contributed by atoms with Gasteiger partial charge in [-0.25, -0.2) is 4.39 Å². The first-order chi connectivity index (χ1) is 9.26. The summed E-state index contributed by atoms with van der Waals surface area (Å²) < 4.78 is 14.7. The zero-order valence-electron chi connectivity index (χ0n) is 9.85. The highest BCUT2D eigenvalue weighted by atomic mass is 32.1. The Morgan fingerprint density at radius 2 is 1.84 bits per heavy atom. The van der Waals surface area contributed by atoms with E-state index in [0.717, 1.165) is 11.1 Å². The van der Waals surface area contributed by atoms with Gasteiger partial charge in [0, 0.05) is 16.1 Å². The van der Waals surface area contributed by atoms with Crippen LogP contribution in [0.5, 0.6) is 0 Å². The molecule has 0 bridgehead atoms. The van der Waals surface area contributed by atoms with Gasteiger partial charge >= 0.3 is 0 Å². The third-order valence-corrected chi connectivity index (χ3v) is 3.73. The maximum Gasteiger partial charge on any atom is 0.143 e. The fourth-order valence-electron chi connectivity index (χ4n) is 1.89. The number of thiophene rings is 1. The van der Waals surface area contributed by atoms with E-state index in [1.165, 1.54) is 16.8 Å². The number of fused-ring (bicyclic) bond motifs is 1. The monoisotopic (exact) mass is 268 g/mol. The van der Waals surface area contributed by atoms with Gasteiger partial charge in [-0.2, -0.15) is 5.26 Å². The molecule has 0 atom stereocenters. The Bertz CT molecular complexity index is 786. The Labute approximate surface area is 113 Å². The van der Waals surface area contributed by atoms with Crippen LogP contribution in [0.2, 0.25) is 0 Å². The summed E-state index contributed by atoms with van der Waals surface area (Å²) in [5.41, 5.74) is 1.58. The molecule has 0 aliphatic carbocycles. The molecule has 1 heterocycles. The summed E-state index contributed by atoms with van der Waals surface area (Å²) in [6.45, 7) is 0. The summed E-state index contributed by atoms with van der Waals surface area (Å²) in [7, 11) is 0. The smallest absolute Gasteiger partial charge is 0.143 e. The molecule has 3 aromatic rings. The van der Waals surface area contributed by atoms with E-state index >= 15 is 0 Å². The number of benzene rings is 2. The summed E-state index contributed by atoms with van der Waals surface area (Å²) in [4.78, 5) is 0. The Morgan fingerprint density at radius 3 is 2.63 bits per heavy atom. The lowest BCUT2D eigenvalue weighted by atomic mass is 10.2. The summed E-state index contributed by atoms with van der Waals surface area (Å²) >= 11 is 1.69. The maximum absolute atomic E-state index is 13.5. The van der Waals surface area contributed by atoms with Gasteiger partial charge in [0.2, 0.25) is 0 Å². The Kier molecular flexibility index (Phi) is 2.90. The molecule has 0 saturated heterocycles. The molecule has 0 amide bonds. The minimum atomic E-state index is -0.510. The topological polar surface area (TPSA) is 35.8 Å². The second kappa shape index (κ2) is 4.71. The molecular weight excluding hydrogens is 259 g/mol. The lowest BCUT2D eigenvalue weighted by molar-refractivity contribution is 0.624. The van der Waals surface area contributed by atoms with Crippen LogP contribution in [-0.2, 0) is 0 Å². The largest absolute Gasteiger partial charge is 0.355 e. The molecule has 92 valence electrons. The fraction of sp³-hybridized carbons (Fsp3) is 0. The highest BCUT2D eigenvalue weighted by molar-refractivity contribution is 7.17. The first-order valence-electron chi connectivity index (χ1n) is 5.70. The zero-order valence-corrected chi connectivity index (χ0v) is 10.7. The quantitative estimate of drug-likeness (QED) is 0.734. The number of hydrogen-bond donors (Lipinski definition) is 1. The van der Waals surface area contributed by atoms with E-state index in [4.69, 9.17) is 5.26 Å². The average molecular weight is 268 g/mol. The van der Waals surface area contributed by atoms with Crippen molar-refractivity contribution < 1.29 is 4.39 Å². The summed E-state index contributed by atoms with van der Waals surface area (Å²) in [6, 6.07) is 14.3. The number of rotatable bonds is 2. The van der Waals surface area contributed by atoms with Crippen molar-refractivity contribution in [2.75, 3.05) is 5.32 Å². The molecule has 19 heavy (non-hydrogen) atoms. The minimum absolute atomic E-state index is 0.0545. The van der Waals surface area contributed by atoms with Gasteiger partial charge in [0.15, 0.2) is 0 Å². The Balaban J connectivity index is 1.92. The lowest BCUT2D eigenvalue weighted by Gasteiger charge is -2.07. The van der Waals surface area contributed by atoms with Gasteiger partial charge in [-0.3, -0.25) is 0 Å². The van der Waals surface area contributed by atoms with E-state index in [9.17, 15) is 4.39 Å². The summed E-state index contributed by atoms with van der Waals surface area (Å²) in [5.74, 6) is -0.510. The third kappa shape index (κ3) is 2.28. The number of nitriles is 1. The van der Waals surface area contributed by atoms with Crippen molar-refractivity contribution in [1.29, 1.82) is 5.26 Å². The van der Waals surface area contributed by atoms with Crippen molar-refractivity contribution in [3.63, 3.8) is 0 Å². The molecule has 3 rings (SSSR count). The van der Waals surface area contributed by atoms with Gasteiger partial charge in [0.05, 0.1) is 5.56 Å². The van der Waals surface area contributed by atoms with Gasteiger partial charge < -0.3 is 5.32 Å². The normalized spacial score (nSPS) is 10.3. The van der Waals surface area contributed by atoms with Crippen molar-refractivity contribution in [1.82, 2.24) is 0 Å². The molecule has 0 unspecified atom stereocenters. The second-order valence-electron chi connectivity index (χ2n) is 4.10. The SMILES string of the molecule is N#Cc1ccc(Nc2ccc3sccc3c2)cc1F. The number of nitrogens with one attached hydrogen (secondary N) is 1. The van der Waals surface area contributed by atoms with E-state index < -0.39 is 5.82 Å². The average Bonchev–Trinajstić information content (AvgIpc) is 2.86. The maximum atomic E-state index is 13.5. The molecule has 1 aromatic heterocycles. The first kappa shape index (κ1) is 11.7. The van der Waals surface area contributed by atoms with Gasteiger partial charge in [0.25, 0.3) is 0 Å². The predicted octanol–water partition coefficient (Wildman–Crippen LogP) is 4.66. The third-order valence-electron chi connectivity index (χ3n) is 2.83. The molecule has 0 fully saturated rings. The highest BCUT2D eigenvalue weighted by Gasteiger charge is 2.03. The number of anilines is 2. The van der Waals surface area contributed by atoms with Crippen LogP contribution in [-0.4, -0.2) is 0 Å². The molecular formula is C15H9FN2S. The number of halogens is 1. The van der Waals surface area contributed by atoms with E-state index in [1.807, 2.05) is 29.6 Å². The lowest BCUT2D eigenvalue weighted by Crippen LogP contribution is -1.92. The molecule has 0 spiro atoms. The standard InChI is InChI=1S/C15H9FN2S/c16-14-8-13(2-1-11(14)9-17)18-12-3-4-15-10(7-12)5-6-19-15/h1-8,18H. The van der Waals surface area contributed by atoms with Crippen LogP contribution in [0, 0.1) is 17.1 Å². The fourth-order valence-corrected chi connectivity index (χ4v) is 2.67. The van der Waals surface area contributed by atoms with Crippen LogP contribution in [0.4, 0.5) is 15.8 Å². The van der Waals surface area contributed by atoms with Crippen molar-refractivity contribution >= 4 is 32.8 Å². The van der Waals surface area contributed by atoms with Crippen molar-refractivity contribution in [3.8, 4) is 6.07 Å². The molecule has 1 N–H and O–H groups in total. The van der Waals surface area contributed by atoms with E-state index in [-0.39, 0.29) is 5.56 Å². The van der Waals surface area contributed by atoms with Crippen LogP contribution in [0.25, 0.3) is 10.1 Å². The summed E-state index contributed by atoms with van der Waals surface area (Å²) in [6.07, 6.45) is 0. The molecule has 2 nitrogen and oxygen atoms in total. The number of nitrogens with zero attached hydrogens (tertiary/aromatic N) is 1. The van der Waals surface area contributed by atoms with Crippen molar-refractivity contribution in [2.24, 2.45) is 0 Å². The minimum Gasteiger partial charge on any atom is -0.355 e. The molecule has 0 radical (unpaired) electrons. The molecule has 0 saturated carbocycles. The Morgan fingerprint density at radius 1 is 1.05 bits per heavy atom. The molecule has 0 aliphatic heterocycles. The van der Waals surface area contributed by atoms with Crippen LogP contribution in [0.3, 0.4) is 0 Å². The van der Waals surface area contributed by atoms with Crippen molar-refractivity contribution in [3.05, 3.63) is 59.2 Å². The van der Waals surface area contributed by atoms with Crippen LogP contribution >= 0.6 is 11.3 Å². The molecule has 4 heteroatoms. The predicted molar refractivity (Wildman–Crippen MR) is 76.2 cm³/mol. The van der Waals surface area contributed by atoms with Crippen LogP contribution < -0.4 is 5.32 Å². The zero-order chi connectivity index (χ0) is 13.2. The van der Waals surface area contributed by atoms with E-state index in [2.05, 4.69) is 5.32 Å². The highest BCUT2D eigenvalue weighted by Crippen LogP contribution is 2.26. The van der Waals surface area contributed by atoms with Gasteiger partial charge in [0.1, 0.15) is 11.9 Å². The van der Waals surface area contributed by atoms with Crippen molar-refractivity contribution in [2.45, 2.75) is 0 Å². The van der Waals surface area contributed by atoms with Crippen LogP contribution in [0.1, 0.15) is 5.56 Å². The second-order valence-corrected chi connectivity index (χ2v) is 5.05. The van der Waals surface area contributed by atoms with Gasteiger partial charge in [-0.15, -0.1) is 11.3 Å². The molecule has 0 aliphatic rings. The van der Waals surface area contributed by atoms with E-state index in [0.29, 0.717) is 5.69 Å². The number of hydrogen-bond acceptors (Lipinski definition) is 3. The molecule has 2 aromatic carbocycles. The van der Waals surface area contributed by atoms with Gasteiger partial charge in [-0.1, -0.05) is 0 Å². The summed E-state index contributed by atoms with van der Waals surface area (Å²) in [5, 5.41) is 15.0. The Hall–Kier alpha value is -2.38. The van der Waals surface area contributed by atoms with E-state index in [1.54, 1.807) is 23.5 Å². The first-order valence-corrected chi connectivity index (χ1v) is 6.58.